The lowest BCUT2D eigenvalue weighted by molar-refractivity contribution is -0.132. The molecule has 12 heavy (non-hydrogen) atoms. The van der Waals surface area contributed by atoms with Crippen LogP contribution in [0.2, 0.25) is 0 Å². The third kappa shape index (κ3) is 2.66. The molecule has 1 rings (SSSR count). The van der Waals surface area contributed by atoms with Gasteiger partial charge in [-0.1, -0.05) is 6.08 Å². The minimum absolute atomic E-state index is 0.446. The first kappa shape index (κ1) is 9.26. The van der Waals surface area contributed by atoms with Crippen LogP contribution in [0.3, 0.4) is 0 Å². The number of rotatable bonds is 3. The van der Waals surface area contributed by atoms with E-state index in [1.807, 2.05) is 0 Å². The second-order valence-electron chi connectivity index (χ2n) is 3.20. The number of likely N-dealkylation sites (tertiary alicyclic amines) is 1. The van der Waals surface area contributed by atoms with Crippen molar-refractivity contribution in [3.05, 3.63) is 11.6 Å². The van der Waals surface area contributed by atoms with Gasteiger partial charge in [0.1, 0.15) is 0 Å². The predicted octanol–water partition coefficient (Wildman–Crippen LogP) is 1.11. The highest BCUT2D eigenvalue weighted by Crippen LogP contribution is 2.07. The number of hydrogen-bond donors (Lipinski definition) is 1. The minimum Gasteiger partial charge on any atom is -0.478 e. The topological polar surface area (TPSA) is 40.5 Å². The fourth-order valence-electron chi connectivity index (χ4n) is 1.32. The van der Waals surface area contributed by atoms with Crippen molar-refractivity contribution in [2.45, 2.75) is 19.8 Å². The SMILES string of the molecule is CC(=CCN1CCCC1)C(=O)O. The average molecular weight is 169 g/mol. The van der Waals surface area contributed by atoms with Gasteiger partial charge in [0, 0.05) is 12.1 Å². The van der Waals surface area contributed by atoms with Gasteiger partial charge < -0.3 is 5.11 Å². The van der Waals surface area contributed by atoms with Gasteiger partial charge in [0.2, 0.25) is 0 Å². The summed E-state index contributed by atoms with van der Waals surface area (Å²) in [5.41, 5.74) is 0.446. The van der Waals surface area contributed by atoms with Gasteiger partial charge in [0.25, 0.3) is 0 Å². The molecule has 68 valence electrons. The lowest BCUT2D eigenvalue weighted by Crippen LogP contribution is -2.19. The van der Waals surface area contributed by atoms with E-state index in [2.05, 4.69) is 4.90 Å². The Balaban J connectivity index is 2.31. The maximum atomic E-state index is 10.4. The molecule has 1 saturated heterocycles. The Hall–Kier alpha value is -0.830. The molecule has 3 heteroatoms. The molecule has 0 spiro atoms. The van der Waals surface area contributed by atoms with Crippen LogP contribution >= 0.6 is 0 Å². The molecule has 1 aliphatic rings. The molecule has 1 aliphatic heterocycles. The number of carbonyl (C=O) groups is 1. The van der Waals surface area contributed by atoms with E-state index < -0.39 is 5.97 Å². The number of carboxylic acids is 1. The van der Waals surface area contributed by atoms with Gasteiger partial charge >= 0.3 is 5.97 Å². The van der Waals surface area contributed by atoms with E-state index in [0.29, 0.717) is 5.57 Å². The van der Waals surface area contributed by atoms with E-state index >= 15 is 0 Å². The van der Waals surface area contributed by atoms with Gasteiger partial charge in [0.15, 0.2) is 0 Å². The molecular weight excluding hydrogens is 154 g/mol. The second-order valence-corrected chi connectivity index (χ2v) is 3.20. The summed E-state index contributed by atoms with van der Waals surface area (Å²) >= 11 is 0. The first-order valence-corrected chi connectivity index (χ1v) is 4.32. The van der Waals surface area contributed by atoms with Crippen molar-refractivity contribution >= 4 is 5.97 Å². The van der Waals surface area contributed by atoms with Crippen molar-refractivity contribution in [3.8, 4) is 0 Å². The maximum Gasteiger partial charge on any atom is 0.330 e. The zero-order chi connectivity index (χ0) is 8.97. The minimum atomic E-state index is -0.811. The summed E-state index contributed by atoms with van der Waals surface area (Å²) in [5, 5.41) is 8.57. The Morgan fingerprint density at radius 3 is 2.58 bits per heavy atom. The van der Waals surface area contributed by atoms with Crippen LogP contribution in [-0.4, -0.2) is 35.6 Å². The van der Waals surface area contributed by atoms with Gasteiger partial charge in [-0.15, -0.1) is 0 Å². The number of carboxylic acid groups (broad SMARTS) is 1. The summed E-state index contributed by atoms with van der Waals surface area (Å²) in [6, 6.07) is 0. The van der Waals surface area contributed by atoms with Crippen molar-refractivity contribution < 1.29 is 9.90 Å². The Morgan fingerprint density at radius 2 is 2.08 bits per heavy atom. The lowest BCUT2D eigenvalue weighted by atomic mass is 10.3. The van der Waals surface area contributed by atoms with Crippen LogP contribution in [0.1, 0.15) is 19.8 Å². The normalized spacial score (nSPS) is 19.9. The second kappa shape index (κ2) is 4.26. The van der Waals surface area contributed by atoms with Crippen molar-refractivity contribution in [3.63, 3.8) is 0 Å². The number of aliphatic carboxylic acids is 1. The van der Waals surface area contributed by atoms with Crippen LogP contribution in [-0.2, 0) is 4.79 Å². The van der Waals surface area contributed by atoms with E-state index in [-0.39, 0.29) is 0 Å². The van der Waals surface area contributed by atoms with Crippen molar-refractivity contribution in [1.29, 1.82) is 0 Å². The third-order valence-corrected chi connectivity index (χ3v) is 2.19. The summed E-state index contributed by atoms with van der Waals surface area (Å²) in [6.07, 6.45) is 4.29. The molecule has 0 radical (unpaired) electrons. The summed E-state index contributed by atoms with van der Waals surface area (Å²) in [6.45, 7) is 4.66. The molecular formula is C9H15NO2. The molecule has 0 aromatic rings. The van der Waals surface area contributed by atoms with Gasteiger partial charge in [0.05, 0.1) is 0 Å². The summed E-state index contributed by atoms with van der Waals surface area (Å²) in [4.78, 5) is 12.7. The Morgan fingerprint density at radius 1 is 1.50 bits per heavy atom. The molecule has 0 aliphatic carbocycles. The van der Waals surface area contributed by atoms with Crippen molar-refractivity contribution in [2.24, 2.45) is 0 Å². The quantitative estimate of drug-likeness (QED) is 0.643. The zero-order valence-electron chi connectivity index (χ0n) is 7.42. The molecule has 3 nitrogen and oxygen atoms in total. The summed E-state index contributed by atoms with van der Waals surface area (Å²) in [5.74, 6) is -0.811. The summed E-state index contributed by atoms with van der Waals surface area (Å²) < 4.78 is 0. The van der Waals surface area contributed by atoms with E-state index in [1.165, 1.54) is 12.8 Å². The molecule has 1 fully saturated rings. The Kier molecular flexibility index (Phi) is 3.29. The molecule has 0 aromatic carbocycles. The lowest BCUT2D eigenvalue weighted by Gasteiger charge is -2.10. The maximum absolute atomic E-state index is 10.4. The average Bonchev–Trinajstić information content (AvgIpc) is 2.51. The Bertz CT molecular complexity index is 193. The molecule has 0 unspecified atom stereocenters. The van der Waals surface area contributed by atoms with Gasteiger partial charge in [-0.05, 0) is 32.9 Å². The predicted molar refractivity (Wildman–Crippen MR) is 47.1 cm³/mol. The van der Waals surface area contributed by atoms with Crippen LogP contribution in [0.15, 0.2) is 11.6 Å². The highest BCUT2D eigenvalue weighted by atomic mass is 16.4. The van der Waals surface area contributed by atoms with Crippen LogP contribution in [0.5, 0.6) is 0 Å². The molecule has 0 saturated carbocycles. The van der Waals surface area contributed by atoms with Gasteiger partial charge in [-0.3, -0.25) is 4.90 Å². The Labute approximate surface area is 72.7 Å². The number of nitrogens with zero attached hydrogens (tertiary/aromatic N) is 1. The van der Waals surface area contributed by atoms with Crippen molar-refractivity contribution in [2.75, 3.05) is 19.6 Å². The first-order chi connectivity index (χ1) is 5.70. The van der Waals surface area contributed by atoms with Crippen LogP contribution < -0.4 is 0 Å². The van der Waals surface area contributed by atoms with Gasteiger partial charge in [-0.2, -0.15) is 0 Å². The van der Waals surface area contributed by atoms with Crippen molar-refractivity contribution in [1.82, 2.24) is 4.90 Å². The van der Waals surface area contributed by atoms with E-state index in [1.54, 1.807) is 13.0 Å². The fourth-order valence-corrected chi connectivity index (χ4v) is 1.32. The largest absolute Gasteiger partial charge is 0.478 e. The van der Waals surface area contributed by atoms with Crippen LogP contribution in [0.4, 0.5) is 0 Å². The first-order valence-electron chi connectivity index (χ1n) is 4.32. The third-order valence-electron chi connectivity index (χ3n) is 2.19. The smallest absolute Gasteiger partial charge is 0.330 e. The zero-order valence-corrected chi connectivity index (χ0v) is 7.42. The molecule has 1 heterocycles. The van der Waals surface area contributed by atoms with Crippen LogP contribution in [0.25, 0.3) is 0 Å². The van der Waals surface area contributed by atoms with E-state index in [4.69, 9.17) is 5.11 Å². The van der Waals surface area contributed by atoms with Crippen LogP contribution in [0, 0.1) is 0 Å². The van der Waals surface area contributed by atoms with Gasteiger partial charge in [-0.25, -0.2) is 4.79 Å². The standard InChI is InChI=1S/C9H15NO2/c1-8(9(11)12)4-7-10-5-2-3-6-10/h4H,2-3,5-7H2,1H3,(H,11,12). The number of hydrogen-bond acceptors (Lipinski definition) is 2. The molecule has 0 amide bonds. The van der Waals surface area contributed by atoms with E-state index in [9.17, 15) is 4.79 Å². The highest BCUT2D eigenvalue weighted by Gasteiger charge is 2.09. The molecule has 0 atom stereocenters. The highest BCUT2D eigenvalue weighted by molar-refractivity contribution is 5.85. The van der Waals surface area contributed by atoms with E-state index in [0.717, 1.165) is 19.6 Å². The summed E-state index contributed by atoms with van der Waals surface area (Å²) in [7, 11) is 0. The monoisotopic (exact) mass is 169 g/mol. The molecule has 1 N–H and O–H groups in total. The molecule has 0 bridgehead atoms. The molecule has 0 aromatic heterocycles. The fraction of sp³-hybridized carbons (Fsp3) is 0.667.